The Morgan fingerprint density at radius 2 is 0.798 bits per heavy atom. The van der Waals surface area contributed by atoms with Gasteiger partial charge in [-0.25, -0.2) is 0 Å². The third kappa shape index (κ3) is 35.0. The van der Waals surface area contributed by atoms with Gasteiger partial charge in [-0.05, 0) is 134 Å². The highest BCUT2D eigenvalue weighted by Crippen LogP contribution is 2.12. The summed E-state index contributed by atoms with van der Waals surface area (Å²) in [5.74, 6) is -11.7. The van der Waals surface area contributed by atoms with Crippen LogP contribution in [-0.2, 0) is 75.2 Å². The Bertz CT molecular complexity index is 3030. The van der Waals surface area contributed by atoms with Crippen LogP contribution in [0.5, 0.6) is 5.75 Å². The van der Waals surface area contributed by atoms with E-state index in [2.05, 4.69) is 73.8 Å². The molecule has 0 aliphatic carbocycles. The van der Waals surface area contributed by atoms with Crippen molar-refractivity contribution >= 4 is 88.7 Å². The zero-order valence-electron chi connectivity index (χ0n) is 55.8. The van der Waals surface area contributed by atoms with E-state index < -0.39 is 163 Å². The number of aliphatic hydroxyl groups excluding tert-OH is 1. The maximum absolute atomic E-state index is 14.1. The number of guanidine groups is 2. The minimum absolute atomic E-state index is 0.0177. The monoisotopic (exact) mass is 1400 g/mol. The summed E-state index contributed by atoms with van der Waals surface area (Å²) >= 11 is 0. The van der Waals surface area contributed by atoms with Crippen molar-refractivity contribution in [1.82, 2.24) is 63.8 Å². The number of nitrogens with one attached hydrogen (secondary N) is 12. The summed E-state index contributed by atoms with van der Waals surface area (Å²) < 4.78 is 0. The quantitative estimate of drug-likeness (QED) is 0.0166. The highest BCUT2D eigenvalue weighted by atomic mass is 16.3. The Balaban J connectivity index is 2.17. The number of aliphatic hydroxyl groups is 1. The summed E-state index contributed by atoms with van der Waals surface area (Å²) in [6.45, 7) is 0.0154. The number of carbonyl (C=O) groups is 13. The maximum Gasteiger partial charge on any atom is 0.245 e. The van der Waals surface area contributed by atoms with Crippen LogP contribution < -0.4 is 115 Å². The highest BCUT2D eigenvalue weighted by molar-refractivity contribution is 5.99. The van der Waals surface area contributed by atoms with Gasteiger partial charge in [0, 0.05) is 19.5 Å². The average molecular weight is 1400 g/mol. The molecule has 550 valence electrons. The first-order valence-electron chi connectivity index (χ1n) is 32.2. The number of phenolic OH excluding ortho intramolecular Hbond substituents is 1. The van der Waals surface area contributed by atoms with Crippen molar-refractivity contribution in [3.8, 4) is 5.75 Å². The van der Waals surface area contributed by atoms with E-state index in [1.54, 1.807) is 42.5 Å². The summed E-state index contributed by atoms with van der Waals surface area (Å²) in [6.07, 6.45) is 1.66. The van der Waals surface area contributed by atoms with Gasteiger partial charge in [0.15, 0.2) is 11.9 Å². The van der Waals surface area contributed by atoms with Crippen LogP contribution in [0.25, 0.3) is 0 Å². The van der Waals surface area contributed by atoms with E-state index >= 15 is 0 Å². The number of hydrogen-bond acceptors (Lipinski definition) is 21. The number of nitrogens with two attached hydrogens (primary N) is 9. The first-order valence-corrected chi connectivity index (χ1v) is 32.2. The standard InChI is InChI=1S/C61H101N23O15/c1-34(76-48(88)32-75-54(94)44(22-25-64)83-58(98)45(29-36-12-4-3-5-13-36)78-49(89)31-73-47(87)30-74-53(93)39(65)28-37-18-20-38(86)21-19-37)51(91)80-43(17-11-27-72-61(69)70)56(96)82-41(15-7-9-24-63)57(97)84-46(33-85)59(99)77-35(2)52(92)81-42(16-10-26-71-60(67)68)55(95)79-40(50(66)90)14-6-8-23-62/h3-5,12-13,18-21,34-35,39-46,85-86H,6-11,14-17,22-33,62-65H2,1-2H3,(H2,66,90)(H,73,87)(H,74,93)(H,75,94)(H,76,88)(H,77,99)(H,78,89)(H,79,95)(H,80,91)(H,81,92)(H,82,96)(H,83,98)(H,84,97)(H4,67,68,71)(H4,69,70,72)/t34-,35-,39-,40-,41-,42-,43-,44-,45-,46-/m0/s1. The van der Waals surface area contributed by atoms with Crippen molar-refractivity contribution in [3.05, 3.63) is 65.7 Å². The molecular weight excluding hydrogens is 1290 g/mol. The molecule has 0 saturated heterocycles. The van der Waals surface area contributed by atoms with Crippen molar-refractivity contribution in [2.75, 3.05) is 59.0 Å². The first kappa shape index (κ1) is 84.8. The normalized spacial score (nSPS) is 13.8. The topological polar surface area (TPSA) is 666 Å². The van der Waals surface area contributed by atoms with Crippen LogP contribution in [-0.4, -0.2) is 218 Å². The molecule has 38 heteroatoms. The zero-order chi connectivity index (χ0) is 74.0. The second-order valence-corrected chi connectivity index (χ2v) is 23.0. The van der Waals surface area contributed by atoms with Crippen LogP contribution in [0.1, 0.15) is 95.6 Å². The molecule has 0 bridgehead atoms. The number of benzene rings is 2. The fraction of sp³-hybridized carbons (Fsp3) is 0.557. The molecule has 0 aliphatic heterocycles. The van der Waals surface area contributed by atoms with E-state index in [4.69, 9.17) is 51.6 Å². The number of carbonyl (C=O) groups excluding carboxylic acids is 13. The molecule has 2 aromatic rings. The van der Waals surface area contributed by atoms with Crippen molar-refractivity contribution in [3.63, 3.8) is 0 Å². The molecule has 2 rings (SSSR count). The van der Waals surface area contributed by atoms with Gasteiger partial charge in [0.25, 0.3) is 0 Å². The number of nitrogens with zero attached hydrogens (tertiary/aromatic N) is 2. The number of hydrogen-bond donors (Lipinski definition) is 23. The van der Waals surface area contributed by atoms with Gasteiger partial charge < -0.3 is 126 Å². The van der Waals surface area contributed by atoms with E-state index in [1.807, 2.05) is 0 Å². The second-order valence-electron chi connectivity index (χ2n) is 23.0. The molecule has 32 N–H and O–H groups in total. The number of primary amides is 1. The fourth-order valence-electron chi connectivity index (χ4n) is 9.25. The molecule has 10 atom stereocenters. The van der Waals surface area contributed by atoms with Crippen LogP contribution in [0, 0.1) is 0 Å². The number of rotatable bonds is 48. The van der Waals surface area contributed by atoms with Crippen LogP contribution in [0.4, 0.5) is 0 Å². The molecule has 0 unspecified atom stereocenters. The average Bonchev–Trinajstić information content (AvgIpc) is 0.900. The number of amides is 13. The van der Waals surface area contributed by atoms with Gasteiger partial charge in [-0.2, -0.15) is 0 Å². The fourth-order valence-corrected chi connectivity index (χ4v) is 9.25. The summed E-state index contributed by atoms with van der Waals surface area (Å²) in [4.78, 5) is 181. The predicted octanol–water partition coefficient (Wildman–Crippen LogP) is -9.55. The molecular formula is C61H101N23O15. The number of aliphatic imine (C=N–C) groups is 2. The molecule has 0 aliphatic rings. The third-order valence-electron chi connectivity index (χ3n) is 14.7. The van der Waals surface area contributed by atoms with Crippen molar-refractivity contribution in [2.45, 2.75) is 158 Å². The SMILES string of the molecule is C[C@H](NC(=O)CNC(=O)[C@H](CCN)NC(=O)[C@H](Cc1ccccc1)NC(=O)CNC(=O)CNC(=O)[C@@H](N)Cc1ccc(O)cc1)C(=O)N[C@@H](CCCN=C(N)N)C(=O)N[C@@H](CCCCN)C(=O)N[C@@H](CO)C(=O)N[C@@H](C)C(=O)N[C@@H](CCCN=C(N)N)C(=O)N[C@@H](CCCCN)C(N)=O. The Morgan fingerprint density at radius 1 is 0.394 bits per heavy atom. The van der Waals surface area contributed by atoms with Gasteiger partial charge in [0.05, 0.1) is 32.3 Å². The molecule has 2 aromatic carbocycles. The molecule has 0 spiro atoms. The van der Waals surface area contributed by atoms with Crippen LogP contribution >= 0.6 is 0 Å². The van der Waals surface area contributed by atoms with Crippen LogP contribution in [0.2, 0.25) is 0 Å². The van der Waals surface area contributed by atoms with Gasteiger partial charge in [-0.1, -0.05) is 42.5 Å². The molecule has 38 nitrogen and oxygen atoms in total. The Hall–Kier alpha value is -10.3. The molecule has 99 heavy (non-hydrogen) atoms. The Kier molecular flexibility index (Phi) is 40.1. The summed E-state index contributed by atoms with van der Waals surface area (Å²) in [6, 6.07) is 0.997. The maximum atomic E-state index is 14.1. The number of phenols is 1. The van der Waals surface area contributed by atoms with Crippen molar-refractivity contribution in [2.24, 2.45) is 61.6 Å². The third-order valence-corrected chi connectivity index (χ3v) is 14.7. The lowest BCUT2D eigenvalue weighted by molar-refractivity contribution is -0.136. The molecule has 0 heterocycles. The van der Waals surface area contributed by atoms with Crippen molar-refractivity contribution in [1.29, 1.82) is 0 Å². The lowest BCUT2D eigenvalue weighted by atomic mass is 10.0. The van der Waals surface area contributed by atoms with Gasteiger partial charge in [0.1, 0.15) is 60.1 Å². The van der Waals surface area contributed by atoms with Crippen LogP contribution in [0.15, 0.2) is 64.6 Å². The lowest BCUT2D eigenvalue weighted by Gasteiger charge is -2.26. The van der Waals surface area contributed by atoms with Crippen molar-refractivity contribution < 1.29 is 72.5 Å². The van der Waals surface area contributed by atoms with Gasteiger partial charge >= 0.3 is 0 Å². The van der Waals surface area contributed by atoms with Crippen LogP contribution in [0.3, 0.4) is 0 Å². The van der Waals surface area contributed by atoms with Gasteiger partial charge in [-0.3, -0.25) is 72.3 Å². The zero-order valence-corrected chi connectivity index (χ0v) is 55.8. The highest BCUT2D eigenvalue weighted by Gasteiger charge is 2.34. The van der Waals surface area contributed by atoms with E-state index in [0.29, 0.717) is 36.9 Å². The molecule has 13 amide bonds. The molecule has 0 saturated carbocycles. The first-order chi connectivity index (χ1) is 47.0. The minimum atomic E-state index is -1.72. The number of unbranched alkanes of at least 4 members (excludes halogenated alkanes) is 2. The summed E-state index contributed by atoms with van der Waals surface area (Å²) in [7, 11) is 0. The minimum Gasteiger partial charge on any atom is -0.508 e. The predicted molar refractivity (Wildman–Crippen MR) is 363 cm³/mol. The molecule has 0 aromatic heterocycles. The van der Waals surface area contributed by atoms with E-state index in [1.165, 1.54) is 26.0 Å². The van der Waals surface area contributed by atoms with E-state index in [-0.39, 0.29) is 108 Å². The number of aromatic hydroxyl groups is 1. The Labute approximate surface area is 573 Å². The second kappa shape index (κ2) is 46.8. The summed E-state index contributed by atoms with van der Waals surface area (Å²) in [5.41, 5.74) is 51.7. The lowest BCUT2D eigenvalue weighted by Crippen LogP contribution is -2.60. The molecule has 0 radical (unpaired) electrons. The molecule has 0 fully saturated rings. The van der Waals surface area contributed by atoms with Gasteiger partial charge in [-0.15, -0.1) is 0 Å². The van der Waals surface area contributed by atoms with Gasteiger partial charge in [0.2, 0.25) is 76.8 Å². The summed E-state index contributed by atoms with van der Waals surface area (Å²) in [5, 5.41) is 49.3. The van der Waals surface area contributed by atoms with E-state index in [0.717, 1.165) is 0 Å². The smallest absolute Gasteiger partial charge is 0.245 e. The largest absolute Gasteiger partial charge is 0.508 e. The Morgan fingerprint density at radius 3 is 1.29 bits per heavy atom. The van der Waals surface area contributed by atoms with E-state index in [9.17, 15) is 72.5 Å².